The summed E-state index contributed by atoms with van der Waals surface area (Å²) in [5.74, 6) is -0.411. The van der Waals surface area contributed by atoms with E-state index in [1.807, 2.05) is 6.07 Å². The van der Waals surface area contributed by atoms with Crippen LogP contribution in [0, 0.1) is 0 Å². The number of hydrogen-bond acceptors (Lipinski definition) is 4. The van der Waals surface area contributed by atoms with Gasteiger partial charge in [0.15, 0.2) is 0 Å². The Morgan fingerprint density at radius 3 is 2.70 bits per heavy atom. The molecule has 0 aromatic heterocycles. The van der Waals surface area contributed by atoms with Gasteiger partial charge in [0.25, 0.3) is 0 Å². The highest BCUT2D eigenvalue weighted by atomic mass is 16.1. The molecule has 0 spiro atoms. The Morgan fingerprint density at radius 1 is 1.40 bits per heavy atom. The molecule has 1 aromatic carbocycles. The van der Waals surface area contributed by atoms with Crippen molar-refractivity contribution in [1.29, 1.82) is 0 Å². The van der Waals surface area contributed by atoms with E-state index in [2.05, 4.69) is 23.6 Å². The minimum absolute atomic E-state index is 0.411. The molecule has 1 aromatic rings. The molecule has 1 fully saturated rings. The highest BCUT2D eigenvalue weighted by Crippen LogP contribution is 2.29. The molecule has 4 N–H and O–H groups in total. The molecule has 1 atom stereocenters. The maximum atomic E-state index is 11.3. The third-order valence-corrected chi connectivity index (χ3v) is 4.15. The Morgan fingerprint density at radius 2 is 2.10 bits per heavy atom. The number of primary amides is 1. The third-order valence-electron chi connectivity index (χ3n) is 4.15. The summed E-state index contributed by atoms with van der Waals surface area (Å²) in [6.45, 7) is 8.42. The van der Waals surface area contributed by atoms with Crippen LogP contribution in [0.2, 0.25) is 0 Å². The summed E-state index contributed by atoms with van der Waals surface area (Å²) in [6, 6.07) is 5.81. The molecule has 1 heterocycles. The van der Waals surface area contributed by atoms with E-state index >= 15 is 0 Å². The maximum absolute atomic E-state index is 11.3. The van der Waals surface area contributed by atoms with Crippen LogP contribution in [0.4, 0.5) is 11.4 Å². The van der Waals surface area contributed by atoms with Gasteiger partial charge in [0.2, 0.25) is 5.91 Å². The number of nitrogens with two attached hydrogens (primary N) is 2. The van der Waals surface area contributed by atoms with E-state index in [4.69, 9.17) is 11.5 Å². The van der Waals surface area contributed by atoms with Crippen LogP contribution in [0.15, 0.2) is 18.2 Å². The molecular formula is C15H24N4O. The molecule has 5 heteroatoms. The van der Waals surface area contributed by atoms with E-state index in [-0.39, 0.29) is 0 Å². The van der Waals surface area contributed by atoms with Crippen molar-refractivity contribution in [2.24, 2.45) is 5.73 Å². The molecule has 1 amide bonds. The van der Waals surface area contributed by atoms with E-state index in [0.717, 1.165) is 38.3 Å². The largest absolute Gasteiger partial charge is 0.397 e. The minimum atomic E-state index is -0.411. The Hall–Kier alpha value is -1.75. The molecule has 0 aliphatic carbocycles. The van der Waals surface area contributed by atoms with Crippen LogP contribution in [-0.4, -0.2) is 43.0 Å². The van der Waals surface area contributed by atoms with Gasteiger partial charge >= 0.3 is 0 Å². The second kappa shape index (κ2) is 6.13. The van der Waals surface area contributed by atoms with E-state index in [1.54, 1.807) is 12.1 Å². The summed E-state index contributed by atoms with van der Waals surface area (Å²) in [6.07, 6.45) is 1.13. The fourth-order valence-electron chi connectivity index (χ4n) is 2.97. The van der Waals surface area contributed by atoms with Crippen molar-refractivity contribution in [2.75, 3.05) is 36.8 Å². The van der Waals surface area contributed by atoms with Crippen LogP contribution in [0.3, 0.4) is 0 Å². The number of anilines is 2. The smallest absolute Gasteiger partial charge is 0.248 e. The molecule has 2 rings (SSSR count). The molecule has 1 saturated heterocycles. The lowest BCUT2D eigenvalue weighted by Gasteiger charge is -2.27. The highest BCUT2D eigenvalue weighted by Gasteiger charge is 2.27. The first kappa shape index (κ1) is 14.7. The average Bonchev–Trinajstić information content (AvgIpc) is 2.90. The molecule has 20 heavy (non-hydrogen) atoms. The molecule has 1 aliphatic rings. The van der Waals surface area contributed by atoms with Crippen molar-refractivity contribution in [1.82, 2.24) is 4.90 Å². The van der Waals surface area contributed by atoms with E-state index in [9.17, 15) is 4.79 Å². The number of hydrogen-bond donors (Lipinski definition) is 2. The minimum Gasteiger partial charge on any atom is -0.397 e. The lowest BCUT2D eigenvalue weighted by atomic mass is 10.1. The normalized spacial score (nSPS) is 18.8. The Labute approximate surface area is 120 Å². The number of amides is 1. The first-order valence-electron chi connectivity index (χ1n) is 7.25. The molecule has 110 valence electrons. The number of rotatable bonds is 5. The quantitative estimate of drug-likeness (QED) is 0.795. The summed E-state index contributed by atoms with van der Waals surface area (Å²) in [5, 5.41) is 0. The fraction of sp³-hybridized carbons (Fsp3) is 0.533. The van der Waals surface area contributed by atoms with E-state index in [1.165, 1.54) is 0 Å². The standard InChI is InChI=1S/C15H24N4O/c1-3-18(4-2)12-7-8-19(10-12)14-9-11(15(17)20)5-6-13(14)16/h5-6,9,12H,3-4,7-8,10,16H2,1-2H3,(H2,17,20). The van der Waals surface area contributed by atoms with Crippen LogP contribution in [-0.2, 0) is 0 Å². The van der Waals surface area contributed by atoms with Crippen LogP contribution in [0.1, 0.15) is 30.6 Å². The van der Waals surface area contributed by atoms with Crippen LogP contribution in [0.25, 0.3) is 0 Å². The van der Waals surface area contributed by atoms with Crippen molar-refractivity contribution >= 4 is 17.3 Å². The first-order valence-corrected chi connectivity index (χ1v) is 7.25. The predicted octanol–water partition coefficient (Wildman–Crippen LogP) is 1.29. The lowest BCUT2D eigenvalue weighted by molar-refractivity contribution is 0.100. The van der Waals surface area contributed by atoms with Gasteiger partial charge in [0, 0.05) is 24.7 Å². The Kier molecular flexibility index (Phi) is 4.49. The van der Waals surface area contributed by atoms with Gasteiger partial charge in [-0.25, -0.2) is 0 Å². The number of carbonyl (C=O) groups excluding carboxylic acids is 1. The highest BCUT2D eigenvalue weighted by molar-refractivity contribution is 5.95. The number of nitrogens with zero attached hydrogens (tertiary/aromatic N) is 2. The summed E-state index contributed by atoms with van der Waals surface area (Å²) < 4.78 is 0. The van der Waals surface area contributed by atoms with Gasteiger partial charge in [-0.2, -0.15) is 0 Å². The zero-order valence-electron chi connectivity index (χ0n) is 12.3. The SMILES string of the molecule is CCN(CC)C1CCN(c2cc(C(N)=O)ccc2N)C1. The number of likely N-dealkylation sites (N-methyl/N-ethyl adjacent to an activating group) is 1. The van der Waals surface area contributed by atoms with Crippen molar-refractivity contribution < 1.29 is 4.79 Å². The van der Waals surface area contributed by atoms with Gasteiger partial charge in [-0.05, 0) is 37.7 Å². The zero-order chi connectivity index (χ0) is 14.7. The fourth-order valence-corrected chi connectivity index (χ4v) is 2.97. The van der Waals surface area contributed by atoms with Crippen LogP contribution in [0.5, 0.6) is 0 Å². The summed E-state index contributed by atoms with van der Waals surface area (Å²) >= 11 is 0. The molecule has 0 bridgehead atoms. The van der Waals surface area contributed by atoms with Gasteiger partial charge in [-0.1, -0.05) is 13.8 Å². The molecule has 5 nitrogen and oxygen atoms in total. The van der Waals surface area contributed by atoms with Crippen LogP contribution < -0.4 is 16.4 Å². The van der Waals surface area contributed by atoms with Crippen molar-refractivity contribution in [3.8, 4) is 0 Å². The van der Waals surface area contributed by atoms with Crippen molar-refractivity contribution in [2.45, 2.75) is 26.3 Å². The lowest BCUT2D eigenvalue weighted by Crippen LogP contribution is -2.37. The monoisotopic (exact) mass is 276 g/mol. The second-order valence-electron chi connectivity index (χ2n) is 5.25. The second-order valence-corrected chi connectivity index (χ2v) is 5.25. The Bertz CT molecular complexity index is 485. The zero-order valence-corrected chi connectivity index (χ0v) is 12.3. The van der Waals surface area contributed by atoms with E-state index < -0.39 is 5.91 Å². The molecular weight excluding hydrogens is 252 g/mol. The van der Waals surface area contributed by atoms with Gasteiger partial charge < -0.3 is 16.4 Å². The maximum Gasteiger partial charge on any atom is 0.248 e. The summed E-state index contributed by atoms with van der Waals surface area (Å²) in [5.41, 5.74) is 13.5. The van der Waals surface area contributed by atoms with Gasteiger partial charge in [-0.15, -0.1) is 0 Å². The van der Waals surface area contributed by atoms with E-state index in [0.29, 0.717) is 17.3 Å². The first-order chi connectivity index (χ1) is 9.56. The van der Waals surface area contributed by atoms with Gasteiger partial charge in [0.05, 0.1) is 11.4 Å². The molecule has 1 unspecified atom stereocenters. The molecule has 1 aliphatic heterocycles. The van der Waals surface area contributed by atoms with Crippen LogP contribution >= 0.6 is 0 Å². The van der Waals surface area contributed by atoms with Gasteiger partial charge in [-0.3, -0.25) is 9.69 Å². The third kappa shape index (κ3) is 2.88. The van der Waals surface area contributed by atoms with Crippen molar-refractivity contribution in [3.63, 3.8) is 0 Å². The predicted molar refractivity (Wildman–Crippen MR) is 82.9 cm³/mol. The number of nitrogen functional groups attached to an aromatic ring is 1. The van der Waals surface area contributed by atoms with Gasteiger partial charge in [0.1, 0.15) is 0 Å². The number of carbonyl (C=O) groups is 1. The Balaban J connectivity index is 2.17. The molecule has 0 radical (unpaired) electrons. The molecule has 0 saturated carbocycles. The average molecular weight is 276 g/mol. The number of benzene rings is 1. The topological polar surface area (TPSA) is 75.6 Å². The summed E-state index contributed by atoms with van der Waals surface area (Å²) in [7, 11) is 0. The summed E-state index contributed by atoms with van der Waals surface area (Å²) in [4.78, 5) is 16.0. The van der Waals surface area contributed by atoms with Crippen molar-refractivity contribution in [3.05, 3.63) is 23.8 Å².